The number of aromatic nitrogens is 2. The second-order valence-corrected chi connectivity index (χ2v) is 5.00. The van der Waals surface area contributed by atoms with Gasteiger partial charge in [-0.2, -0.15) is 5.10 Å². The number of benzene rings is 1. The Hall–Kier alpha value is -2.50. The van der Waals surface area contributed by atoms with E-state index < -0.39 is 0 Å². The van der Waals surface area contributed by atoms with Crippen LogP contribution in [0, 0.1) is 0 Å². The number of methoxy groups -OCH3 is 2. The number of hydrogen-bond donors (Lipinski definition) is 1. The first-order valence-corrected chi connectivity index (χ1v) is 7.08. The summed E-state index contributed by atoms with van der Waals surface area (Å²) in [4.78, 5) is 12.3. The van der Waals surface area contributed by atoms with Gasteiger partial charge < -0.3 is 14.8 Å². The molecule has 0 bridgehead atoms. The van der Waals surface area contributed by atoms with Crippen LogP contribution < -0.4 is 14.8 Å². The Morgan fingerprint density at radius 1 is 1.27 bits per heavy atom. The van der Waals surface area contributed by atoms with Gasteiger partial charge in [0, 0.05) is 24.0 Å². The van der Waals surface area contributed by atoms with Gasteiger partial charge in [-0.05, 0) is 32.0 Å². The van der Waals surface area contributed by atoms with Gasteiger partial charge in [-0.1, -0.05) is 0 Å². The van der Waals surface area contributed by atoms with E-state index in [0.29, 0.717) is 11.5 Å². The van der Waals surface area contributed by atoms with Crippen LogP contribution in [0.15, 0.2) is 36.7 Å². The Labute approximate surface area is 130 Å². The molecule has 1 aromatic heterocycles. The zero-order valence-electron chi connectivity index (χ0n) is 13.2. The minimum absolute atomic E-state index is 0.103. The van der Waals surface area contributed by atoms with Crippen molar-refractivity contribution in [1.29, 1.82) is 0 Å². The molecule has 0 aliphatic carbocycles. The molecule has 1 aromatic carbocycles. The van der Waals surface area contributed by atoms with Gasteiger partial charge in [-0.25, -0.2) is 0 Å². The highest BCUT2D eigenvalue weighted by molar-refractivity contribution is 5.80. The molecule has 22 heavy (non-hydrogen) atoms. The van der Waals surface area contributed by atoms with Crippen LogP contribution in [0.5, 0.6) is 11.5 Å². The smallest absolute Gasteiger partial charge is 0.245 e. The van der Waals surface area contributed by atoms with Gasteiger partial charge in [0.1, 0.15) is 17.5 Å². The third kappa shape index (κ3) is 3.39. The topological polar surface area (TPSA) is 65.4 Å². The van der Waals surface area contributed by atoms with E-state index in [1.54, 1.807) is 50.4 Å². The van der Waals surface area contributed by atoms with E-state index >= 15 is 0 Å². The first kappa shape index (κ1) is 15.9. The number of nitrogens with one attached hydrogen (secondary N) is 1. The third-order valence-electron chi connectivity index (χ3n) is 3.57. The SMILES string of the molecule is COc1ccc([C@H](C)NC(=O)[C@@H](C)n2cccn2)c(OC)c1. The van der Waals surface area contributed by atoms with Crippen molar-refractivity contribution in [2.45, 2.75) is 25.9 Å². The summed E-state index contributed by atoms with van der Waals surface area (Å²) in [7, 11) is 3.20. The quantitative estimate of drug-likeness (QED) is 0.889. The van der Waals surface area contributed by atoms with Gasteiger partial charge >= 0.3 is 0 Å². The summed E-state index contributed by atoms with van der Waals surface area (Å²) in [6, 6.07) is 6.76. The minimum Gasteiger partial charge on any atom is -0.497 e. The van der Waals surface area contributed by atoms with E-state index in [-0.39, 0.29) is 18.0 Å². The molecule has 1 amide bonds. The van der Waals surface area contributed by atoms with Crippen molar-refractivity contribution in [3.63, 3.8) is 0 Å². The van der Waals surface area contributed by atoms with Crippen LogP contribution in [-0.2, 0) is 4.79 Å². The molecular weight excluding hydrogens is 282 g/mol. The lowest BCUT2D eigenvalue weighted by Gasteiger charge is -2.20. The first-order valence-electron chi connectivity index (χ1n) is 7.08. The molecule has 2 aromatic rings. The average Bonchev–Trinajstić information content (AvgIpc) is 3.07. The predicted molar refractivity (Wildman–Crippen MR) is 83.0 cm³/mol. The summed E-state index contributed by atoms with van der Waals surface area (Å²) in [5.41, 5.74) is 0.893. The van der Waals surface area contributed by atoms with Gasteiger partial charge in [0.15, 0.2) is 0 Å². The zero-order chi connectivity index (χ0) is 16.1. The minimum atomic E-state index is -0.373. The molecule has 1 N–H and O–H groups in total. The summed E-state index contributed by atoms with van der Waals surface area (Å²) in [6.45, 7) is 3.72. The molecule has 0 saturated heterocycles. The number of rotatable bonds is 6. The van der Waals surface area contributed by atoms with Crippen LogP contribution in [0.3, 0.4) is 0 Å². The molecule has 0 spiro atoms. The van der Waals surface area contributed by atoms with Crippen molar-refractivity contribution in [3.05, 3.63) is 42.2 Å². The number of amides is 1. The Morgan fingerprint density at radius 2 is 2.05 bits per heavy atom. The van der Waals surface area contributed by atoms with E-state index in [4.69, 9.17) is 9.47 Å². The molecule has 6 nitrogen and oxygen atoms in total. The molecule has 6 heteroatoms. The van der Waals surface area contributed by atoms with Crippen molar-refractivity contribution >= 4 is 5.91 Å². The maximum atomic E-state index is 12.3. The van der Waals surface area contributed by atoms with Gasteiger partial charge in [-0.3, -0.25) is 9.48 Å². The zero-order valence-corrected chi connectivity index (χ0v) is 13.2. The summed E-state index contributed by atoms with van der Waals surface area (Å²) in [5.74, 6) is 1.29. The van der Waals surface area contributed by atoms with Crippen LogP contribution in [0.1, 0.15) is 31.5 Å². The Balaban J connectivity index is 2.11. The lowest BCUT2D eigenvalue weighted by atomic mass is 10.1. The fraction of sp³-hybridized carbons (Fsp3) is 0.375. The van der Waals surface area contributed by atoms with Crippen LogP contribution in [-0.4, -0.2) is 29.9 Å². The highest BCUT2D eigenvalue weighted by atomic mass is 16.5. The highest BCUT2D eigenvalue weighted by Gasteiger charge is 2.20. The maximum Gasteiger partial charge on any atom is 0.245 e. The van der Waals surface area contributed by atoms with E-state index in [2.05, 4.69) is 10.4 Å². The lowest BCUT2D eigenvalue weighted by molar-refractivity contribution is -0.124. The number of ether oxygens (including phenoxy) is 2. The van der Waals surface area contributed by atoms with Crippen molar-refractivity contribution in [2.75, 3.05) is 14.2 Å². The van der Waals surface area contributed by atoms with Gasteiger partial charge in [0.2, 0.25) is 5.91 Å². The second-order valence-electron chi connectivity index (χ2n) is 5.00. The lowest BCUT2D eigenvalue weighted by Crippen LogP contribution is -2.33. The largest absolute Gasteiger partial charge is 0.497 e. The molecule has 0 aliphatic rings. The van der Waals surface area contributed by atoms with E-state index in [1.807, 2.05) is 19.1 Å². The van der Waals surface area contributed by atoms with E-state index in [1.165, 1.54) is 0 Å². The van der Waals surface area contributed by atoms with Gasteiger partial charge in [-0.15, -0.1) is 0 Å². The molecule has 0 fully saturated rings. The molecule has 0 radical (unpaired) electrons. The maximum absolute atomic E-state index is 12.3. The molecular formula is C16H21N3O3. The number of carbonyl (C=O) groups excluding carboxylic acids is 1. The standard InChI is InChI=1S/C16H21N3O3/c1-11(14-7-6-13(21-3)10-15(14)22-4)18-16(20)12(2)19-9-5-8-17-19/h5-12H,1-4H3,(H,18,20)/t11-,12+/m0/s1. The molecule has 0 saturated carbocycles. The molecule has 1 heterocycles. The highest BCUT2D eigenvalue weighted by Crippen LogP contribution is 2.29. The summed E-state index contributed by atoms with van der Waals surface area (Å²) < 4.78 is 12.2. The summed E-state index contributed by atoms with van der Waals surface area (Å²) in [5, 5.41) is 7.06. The van der Waals surface area contributed by atoms with Crippen LogP contribution in [0.25, 0.3) is 0 Å². The average molecular weight is 303 g/mol. The van der Waals surface area contributed by atoms with E-state index in [9.17, 15) is 4.79 Å². The van der Waals surface area contributed by atoms with Crippen molar-refractivity contribution in [1.82, 2.24) is 15.1 Å². The van der Waals surface area contributed by atoms with E-state index in [0.717, 1.165) is 5.56 Å². The van der Waals surface area contributed by atoms with Crippen LogP contribution >= 0.6 is 0 Å². The Bertz CT molecular complexity index is 626. The van der Waals surface area contributed by atoms with Crippen molar-refractivity contribution < 1.29 is 14.3 Å². The van der Waals surface area contributed by atoms with Crippen molar-refractivity contribution in [3.8, 4) is 11.5 Å². The summed E-state index contributed by atoms with van der Waals surface area (Å²) >= 11 is 0. The molecule has 2 atom stereocenters. The third-order valence-corrected chi connectivity index (χ3v) is 3.57. The first-order chi connectivity index (χ1) is 10.6. The predicted octanol–water partition coefficient (Wildman–Crippen LogP) is 2.34. The monoisotopic (exact) mass is 303 g/mol. The van der Waals surface area contributed by atoms with Crippen molar-refractivity contribution in [2.24, 2.45) is 0 Å². The Kier molecular flexibility index (Phi) is 5.04. The molecule has 0 aliphatic heterocycles. The Morgan fingerprint density at radius 3 is 2.64 bits per heavy atom. The molecule has 2 rings (SSSR count). The molecule has 0 unspecified atom stereocenters. The second kappa shape index (κ2) is 6.98. The number of carbonyl (C=O) groups is 1. The van der Waals surface area contributed by atoms with Crippen LogP contribution in [0.2, 0.25) is 0 Å². The summed E-state index contributed by atoms with van der Waals surface area (Å²) in [6.07, 6.45) is 3.42. The number of nitrogens with zero attached hydrogens (tertiary/aromatic N) is 2. The normalized spacial score (nSPS) is 13.3. The number of hydrogen-bond acceptors (Lipinski definition) is 4. The van der Waals surface area contributed by atoms with Gasteiger partial charge in [0.05, 0.1) is 20.3 Å². The van der Waals surface area contributed by atoms with Crippen LogP contribution in [0.4, 0.5) is 0 Å². The fourth-order valence-corrected chi connectivity index (χ4v) is 2.22. The van der Waals surface area contributed by atoms with Gasteiger partial charge in [0.25, 0.3) is 0 Å². The molecule has 118 valence electrons. The fourth-order valence-electron chi connectivity index (χ4n) is 2.22.